The van der Waals surface area contributed by atoms with Gasteiger partial charge in [0.25, 0.3) is 0 Å². The highest BCUT2D eigenvalue weighted by molar-refractivity contribution is 5.72. The van der Waals surface area contributed by atoms with Gasteiger partial charge in [-0.1, -0.05) is 12.1 Å². The Hall–Kier alpha value is -4.34. The van der Waals surface area contributed by atoms with Crippen LogP contribution < -0.4 is 0 Å². The molecule has 0 radical (unpaired) electrons. The van der Waals surface area contributed by atoms with Crippen LogP contribution in [0.5, 0.6) is 23.0 Å². The molecule has 32 heavy (non-hydrogen) atoms. The van der Waals surface area contributed by atoms with Gasteiger partial charge < -0.3 is 20.4 Å². The normalized spacial score (nSPS) is 11.5. The summed E-state index contributed by atoms with van der Waals surface area (Å²) in [6, 6.07) is 11.6. The molecule has 10 heteroatoms. The number of benzene rings is 3. The second-order valence-electron chi connectivity index (χ2n) is 6.78. The highest BCUT2D eigenvalue weighted by Crippen LogP contribution is 2.36. The summed E-state index contributed by atoms with van der Waals surface area (Å²) >= 11 is 0. The van der Waals surface area contributed by atoms with Gasteiger partial charge in [0, 0.05) is 17.7 Å². The van der Waals surface area contributed by atoms with Gasteiger partial charge in [-0.05, 0) is 36.4 Å². The van der Waals surface area contributed by atoms with Gasteiger partial charge in [0.1, 0.15) is 23.0 Å². The molecule has 1 aromatic heterocycles. The van der Waals surface area contributed by atoms with Crippen molar-refractivity contribution in [2.75, 3.05) is 0 Å². The largest absolute Gasteiger partial charge is 0.508 e. The molecule has 0 bridgehead atoms. The van der Waals surface area contributed by atoms with E-state index in [9.17, 15) is 33.6 Å². The molecule has 0 aliphatic carbocycles. The van der Waals surface area contributed by atoms with E-state index in [4.69, 9.17) is 0 Å². The fraction of sp³-hybridized carbons (Fsp3) is 0.0455. The van der Waals surface area contributed by atoms with Gasteiger partial charge in [0.05, 0.1) is 16.7 Å². The Morgan fingerprint density at radius 3 is 1.41 bits per heavy atom. The number of aromatic nitrogens is 3. The van der Waals surface area contributed by atoms with Gasteiger partial charge in [0.15, 0.2) is 17.5 Å². The number of halogens is 3. The van der Waals surface area contributed by atoms with E-state index in [0.717, 1.165) is 24.3 Å². The van der Waals surface area contributed by atoms with Crippen LogP contribution in [0.15, 0.2) is 60.7 Å². The number of aromatic hydroxyl groups is 4. The van der Waals surface area contributed by atoms with Crippen molar-refractivity contribution < 1.29 is 33.6 Å². The third-order valence-corrected chi connectivity index (χ3v) is 4.55. The first-order chi connectivity index (χ1) is 15.1. The monoisotopic (exact) mass is 441 g/mol. The van der Waals surface area contributed by atoms with Crippen LogP contribution in [-0.4, -0.2) is 35.4 Å². The Bertz CT molecular complexity index is 1240. The molecular formula is C22H14F3N3O4. The van der Waals surface area contributed by atoms with Crippen LogP contribution in [-0.2, 0) is 6.18 Å². The highest BCUT2D eigenvalue weighted by Gasteiger charge is 2.30. The van der Waals surface area contributed by atoms with Crippen LogP contribution in [0.25, 0.3) is 34.2 Å². The summed E-state index contributed by atoms with van der Waals surface area (Å²) in [6.07, 6.45) is -4.51. The third kappa shape index (κ3) is 4.10. The summed E-state index contributed by atoms with van der Waals surface area (Å²) in [6.45, 7) is 0. The Kier molecular flexibility index (Phi) is 5.05. The lowest BCUT2D eigenvalue weighted by molar-refractivity contribution is -0.137. The van der Waals surface area contributed by atoms with E-state index < -0.39 is 11.7 Å². The van der Waals surface area contributed by atoms with Gasteiger partial charge in [-0.2, -0.15) is 13.2 Å². The van der Waals surface area contributed by atoms with E-state index in [1.54, 1.807) is 0 Å². The zero-order chi connectivity index (χ0) is 23.0. The highest BCUT2D eigenvalue weighted by atomic mass is 19.4. The number of rotatable bonds is 3. The third-order valence-electron chi connectivity index (χ3n) is 4.55. The number of nitrogens with zero attached hydrogens (tertiary/aromatic N) is 3. The van der Waals surface area contributed by atoms with Gasteiger partial charge in [-0.15, -0.1) is 0 Å². The average molecular weight is 441 g/mol. The molecule has 4 N–H and O–H groups in total. The van der Waals surface area contributed by atoms with E-state index in [1.807, 2.05) is 0 Å². The number of hydrogen-bond donors (Lipinski definition) is 4. The number of phenolic OH excluding ortho intramolecular Hbond substituents is 4. The molecule has 0 unspecified atom stereocenters. The number of phenols is 4. The molecule has 1 heterocycles. The van der Waals surface area contributed by atoms with Crippen molar-refractivity contribution in [2.24, 2.45) is 0 Å². The van der Waals surface area contributed by atoms with E-state index in [2.05, 4.69) is 15.0 Å². The smallest absolute Gasteiger partial charge is 0.416 e. The topological polar surface area (TPSA) is 120 Å². The molecule has 4 rings (SSSR count). The second kappa shape index (κ2) is 7.73. The average Bonchev–Trinajstić information content (AvgIpc) is 2.73. The first-order valence-corrected chi connectivity index (χ1v) is 9.10. The molecule has 0 aliphatic rings. The van der Waals surface area contributed by atoms with Crippen molar-refractivity contribution >= 4 is 0 Å². The van der Waals surface area contributed by atoms with Crippen LogP contribution >= 0.6 is 0 Å². The second-order valence-corrected chi connectivity index (χ2v) is 6.78. The zero-order valence-electron chi connectivity index (χ0n) is 16.0. The summed E-state index contributed by atoms with van der Waals surface area (Å²) in [4.78, 5) is 12.8. The lowest BCUT2D eigenvalue weighted by atomic mass is 10.1. The van der Waals surface area contributed by atoms with Gasteiger partial charge in [-0.25, -0.2) is 15.0 Å². The molecule has 0 saturated heterocycles. The maximum Gasteiger partial charge on any atom is 0.416 e. The van der Waals surface area contributed by atoms with Crippen molar-refractivity contribution in [1.29, 1.82) is 0 Å². The number of hydrogen-bond acceptors (Lipinski definition) is 7. The Morgan fingerprint density at radius 2 is 1.00 bits per heavy atom. The number of alkyl halides is 3. The Balaban J connectivity index is 1.91. The molecule has 3 aromatic carbocycles. The molecule has 4 aromatic rings. The first-order valence-electron chi connectivity index (χ1n) is 9.10. The minimum atomic E-state index is -4.51. The SMILES string of the molecule is Oc1ccc(-c2nc(-c3ccc(C(F)(F)F)cc3)nc(-c3ccc(O)cc3O)n2)c(O)c1. The Labute approximate surface area is 178 Å². The predicted molar refractivity (Wildman–Crippen MR) is 108 cm³/mol. The molecule has 7 nitrogen and oxygen atoms in total. The molecule has 0 aliphatic heterocycles. The summed E-state index contributed by atoms with van der Waals surface area (Å²) in [5.41, 5.74) is -0.363. The van der Waals surface area contributed by atoms with E-state index in [1.165, 1.54) is 36.4 Å². The van der Waals surface area contributed by atoms with Gasteiger partial charge in [-0.3, -0.25) is 0 Å². The van der Waals surface area contributed by atoms with Gasteiger partial charge in [0.2, 0.25) is 0 Å². The minimum Gasteiger partial charge on any atom is -0.508 e. The first kappa shape index (κ1) is 20.9. The van der Waals surface area contributed by atoms with E-state index in [-0.39, 0.29) is 57.2 Å². The summed E-state index contributed by atoms with van der Waals surface area (Å²) in [5, 5.41) is 39.5. The maximum atomic E-state index is 12.9. The fourth-order valence-electron chi connectivity index (χ4n) is 2.97. The van der Waals surface area contributed by atoms with Crippen molar-refractivity contribution in [1.82, 2.24) is 15.0 Å². The standard InChI is InChI=1S/C22H14F3N3O4/c23-22(24,25)12-3-1-11(2-4-12)19-26-20(15-7-5-13(29)9-17(15)31)28-21(27-19)16-8-6-14(30)10-18(16)32/h1-10,29-32H. The van der Waals surface area contributed by atoms with Crippen molar-refractivity contribution in [3.05, 3.63) is 66.2 Å². The summed E-state index contributed by atoms with van der Waals surface area (Å²) < 4.78 is 38.7. The van der Waals surface area contributed by atoms with Crippen LogP contribution in [0.4, 0.5) is 13.2 Å². The molecular weight excluding hydrogens is 427 g/mol. The zero-order valence-corrected chi connectivity index (χ0v) is 16.0. The molecule has 162 valence electrons. The van der Waals surface area contributed by atoms with Crippen molar-refractivity contribution in [2.45, 2.75) is 6.18 Å². The molecule has 0 spiro atoms. The molecule has 0 fully saturated rings. The maximum absolute atomic E-state index is 12.9. The fourth-order valence-corrected chi connectivity index (χ4v) is 2.97. The molecule has 0 amide bonds. The van der Waals surface area contributed by atoms with E-state index >= 15 is 0 Å². The van der Waals surface area contributed by atoms with Crippen LogP contribution in [0.3, 0.4) is 0 Å². The molecule has 0 saturated carbocycles. The van der Waals surface area contributed by atoms with Gasteiger partial charge >= 0.3 is 6.18 Å². The lowest BCUT2D eigenvalue weighted by Gasteiger charge is -2.11. The van der Waals surface area contributed by atoms with E-state index in [0.29, 0.717) is 0 Å². The van der Waals surface area contributed by atoms with Crippen LogP contribution in [0.2, 0.25) is 0 Å². The van der Waals surface area contributed by atoms with Crippen LogP contribution in [0.1, 0.15) is 5.56 Å². The van der Waals surface area contributed by atoms with Crippen molar-refractivity contribution in [3.63, 3.8) is 0 Å². The molecule has 0 atom stereocenters. The minimum absolute atomic E-state index is 0.0151. The quantitative estimate of drug-likeness (QED) is 0.363. The summed E-state index contributed by atoms with van der Waals surface area (Å²) in [5.74, 6) is -1.17. The lowest BCUT2D eigenvalue weighted by Crippen LogP contribution is -2.05. The van der Waals surface area contributed by atoms with Crippen molar-refractivity contribution in [3.8, 4) is 57.2 Å². The predicted octanol–water partition coefficient (Wildman–Crippen LogP) is 4.71. The Morgan fingerprint density at radius 1 is 0.562 bits per heavy atom. The van der Waals surface area contributed by atoms with Crippen LogP contribution in [0, 0.1) is 0 Å². The summed E-state index contributed by atoms with van der Waals surface area (Å²) in [7, 11) is 0.